The lowest BCUT2D eigenvalue weighted by atomic mass is 9.61. The molecule has 0 amide bonds. The van der Waals surface area contributed by atoms with Gasteiger partial charge in [-0.25, -0.2) is 0 Å². The van der Waals surface area contributed by atoms with E-state index in [2.05, 4.69) is 41.5 Å². The zero-order valence-corrected chi connectivity index (χ0v) is 20.6. The Morgan fingerprint density at radius 3 is 1.75 bits per heavy atom. The Hall–Kier alpha value is -1.84. The van der Waals surface area contributed by atoms with E-state index in [0.717, 1.165) is 43.2 Å². The van der Waals surface area contributed by atoms with Crippen LogP contribution in [0.1, 0.15) is 124 Å². The van der Waals surface area contributed by atoms with E-state index in [1.807, 2.05) is 6.07 Å². The third kappa shape index (κ3) is 4.89. The number of carbonyl (C=O) groups excluding carboxylic acids is 2. The van der Waals surface area contributed by atoms with Crippen molar-refractivity contribution in [2.24, 2.45) is 35.5 Å². The first kappa shape index (κ1) is 24.8. The van der Waals surface area contributed by atoms with Gasteiger partial charge in [-0.15, -0.1) is 0 Å². The summed E-state index contributed by atoms with van der Waals surface area (Å²) in [6, 6.07) is 3.38. The van der Waals surface area contributed by atoms with Crippen LogP contribution in [0.4, 0.5) is 0 Å². The predicted molar refractivity (Wildman–Crippen MR) is 123 cm³/mol. The molecule has 2 aliphatic carbocycles. The highest BCUT2D eigenvalue weighted by Gasteiger charge is 2.39. The first-order valence-electron chi connectivity index (χ1n) is 12.6. The number of rotatable bonds is 6. The van der Waals surface area contributed by atoms with Gasteiger partial charge in [0.1, 0.15) is 0 Å². The van der Waals surface area contributed by atoms with Gasteiger partial charge in [0, 0.05) is 11.1 Å². The second kappa shape index (κ2) is 9.97. The highest BCUT2D eigenvalue weighted by molar-refractivity contribution is 6.01. The molecule has 2 fully saturated rings. The summed E-state index contributed by atoms with van der Waals surface area (Å²) in [4.78, 5) is 24.4. The molecule has 2 aliphatic rings. The van der Waals surface area contributed by atoms with Gasteiger partial charge in [0.15, 0.2) is 0 Å². The number of carbonyl (C=O) groups is 2. The summed E-state index contributed by atoms with van der Waals surface area (Å²) >= 11 is 0. The molecule has 2 saturated carbocycles. The van der Waals surface area contributed by atoms with Crippen molar-refractivity contribution in [1.29, 1.82) is 0 Å². The lowest BCUT2D eigenvalue weighted by Gasteiger charge is -2.44. The first-order valence-corrected chi connectivity index (χ1v) is 12.6. The summed E-state index contributed by atoms with van der Waals surface area (Å²) in [6.45, 7) is 13.4. The number of hydrogen-bond donors (Lipinski definition) is 0. The molecule has 0 N–H and O–H groups in total. The molecule has 0 spiro atoms. The summed E-state index contributed by atoms with van der Waals surface area (Å²) in [5, 5.41) is 24.4. The van der Waals surface area contributed by atoms with Crippen molar-refractivity contribution in [1.82, 2.24) is 0 Å². The maximum absolute atomic E-state index is 12.5. The highest BCUT2D eigenvalue weighted by atomic mass is 16.4. The van der Waals surface area contributed by atoms with Crippen LogP contribution >= 0.6 is 0 Å². The van der Waals surface area contributed by atoms with Crippen LogP contribution in [-0.2, 0) is 0 Å². The van der Waals surface area contributed by atoms with Crippen LogP contribution in [0, 0.1) is 35.5 Å². The Kier molecular flexibility index (Phi) is 7.73. The van der Waals surface area contributed by atoms with E-state index in [0.29, 0.717) is 35.5 Å². The Morgan fingerprint density at radius 1 is 0.781 bits per heavy atom. The van der Waals surface area contributed by atoms with E-state index < -0.39 is 11.9 Å². The van der Waals surface area contributed by atoms with Crippen molar-refractivity contribution >= 4 is 11.9 Å². The molecule has 6 unspecified atom stereocenters. The highest BCUT2D eigenvalue weighted by Crippen LogP contribution is 2.51. The largest absolute Gasteiger partial charge is 0.545 e. The number of hydrogen-bond acceptors (Lipinski definition) is 4. The zero-order chi connectivity index (χ0) is 23.7. The molecule has 4 heteroatoms. The molecule has 4 nitrogen and oxygen atoms in total. The second-order valence-corrected chi connectivity index (χ2v) is 11.4. The monoisotopic (exact) mass is 440 g/mol. The second-order valence-electron chi connectivity index (χ2n) is 11.4. The lowest BCUT2D eigenvalue weighted by molar-refractivity contribution is -0.259. The molecule has 0 aromatic heterocycles. The Bertz CT molecular complexity index is 840. The number of carboxylic acid groups (broad SMARTS) is 2. The molecule has 178 valence electrons. The predicted octanol–water partition coefficient (Wildman–Crippen LogP) is 4.77. The van der Waals surface area contributed by atoms with Crippen molar-refractivity contribution < 1.29 is 19.8 Å². The van der Waals surface area contributed by atoms with Gasteiger partial charge in [-0.1, -0.05) is 66.5 Å². The minimum absolute atomic E-state index is 0.0333. The SMILES string of the molecule is CC1CCC(C(C)C)C(c2ccc(C(=O)[O-])c(C(=O)[O-])c2C2CC(C)CCC2C(C)C)C1. The number of aromatic carboxylic acids is 2. The molecular formula is C28H40O4-2. The topological polar surface area (TPSA) is 80.3 Å². The van der Waals surface area contributed by atoms with Crippen LogP contribution in [0.2, 0.25) is 0 Å². The smallest absolute Gasteiger partial charge is 0.0724 e. The summed E-state index contributed by atoms with van der Waals surface area (Å²) < 4.78 is 0. The fraction of sp³-hybridized carbons (Fsp3) is 0.714. The maximum Gasteiger partial charge on any atom is 0.0724 e. The third-order valence-electron chi connectivity index (χ3n) is 8.52. The summed E-state index contributed by atoms with van der Waals surface area (Å²) in [5.74, 6) is 0.193. The average molecular weight is 441 g/mol. The summed E-state index contributed by atoms with van der Waals surface area (Å²) in [5.41, 5.74) is 1.47. The van der Waals surface area contributed by atoms with Gasteiger partial charge in [0.25, 0.3) is 0 Å². The molecule has 0 heterocycles. The van der Waals surface area contributed by atoms with E-state index in [1.54, 1.807) is 0 Å². The third-order valence-corrected chi connectivity index (χ3v) is 8.52. The fourth-order valence-electron chi connectivity index (χ4n) is 6.84. The molecule has 3 rings (SSSR count). The molecular weight excluding hydrogens is 400 g/mol. The van der Waals surface area contributed by atoms with Crippen molar-refractivity contribution in [2.75, 3.05) is 0 Å². The Balaban J connectivity index is 2.29. The minimum Gasteiger partial charge on any atom is -0.545 e. The van der Waals surface area contributed by atoms with Gasteiger partial charge in [-0.3, -0.25) is 0 Å². The Labute approximate surface area is 193 Å². The van der Waals surface area contributed by atoms with Crippen LogP contribution in [0.3, 0.4) is 0 Å². The van der Waals surface area contributed by atoms with E-state index in [-0.39, 0.29) is 23.0 Å². The minimum atomic E-state index is -1.43. The molecule has 32 heavy (non-hydrogen) atoms. The van der Waals surface area contributed by atoms with Crippen molar-refractivity contribution in [2.45, 2.75) is 91.9 Å². The van der Waals surface area contributed by atoms with Gasteiger partial charge in [0.2, 0.25) is 0 Å². The van der Waals surface area contributed by atoms with Gasteiger partial charge in [0.05, 0.1) is 11.9 Å². The zero-order valence-electron chi connectivity index (χ0n) is 20.6. The standard InChI is InChI=1S/C28H42O4/c1-15(2)19-9-7-17(5)13-23(19)21-11-12-22(27(29)30)26(28(31)32)25(21)24-14-18(6)8-10-20(24)16(3)4/h11-12,15-20,23-24H,7-10,13-14H2,1-6H3,(H,29,30)(H,31,32)/p-2. The van der Waals surface area contributed by atoms with E-state index in [4.69, 9.17) is 0 Å². The van der Waals surface area contributed by atoms with Crippen LogP contribution in [0.25, 0.3) is 0 Å². The van der Waals surface area contributed by atoms with Crippen molar-refractivity contribution in [3.63, 3.8) is 0 Å². The number of benzene rings is 1. The van der Waals surface area contributed by atoms with Gasteiger partial charge in [-0.2, -0.15) is 0 Å². The van der Waals surface area contributed by atoms with Crippen LogP contribution in [0.5, 0.6) is 0 Å². The molecule has 1 aromatic rings. The van der Waals surface area contributed by atoms with E-state index >= 15 is 0 Å². The van der Waals surface area contributed by atoms with Gasteiger partial charge in [-0.05, 0) is 84.2 Å². The van der Waals surface area contributed by atoms with E-state index in [9.17, 15) is 19.8 Å². The van der Waals surface area contributed by atoms with Crippen LogP contribution in [-0.4, -0.2) is 11.9 Å². The molecule has 0 radical (unpaired) electrons. The van der Waals surface area contributed by atoms with Crippen LogP contribution < -0.4 is 10.2 Å². The van der Waals surface area contributed by atoms with Crippen molar-refractivity contribution in [3.05, 3.63) is 34.4 Å². The van der Waals surface area contributed by atoms with E-state index in [1.165, 1.54) is 12.5 Å². The van der Waals surface area contributed by atoms with Gasteiger partial charge >= 0.3 is 0 Å². The normalized spacial score (nSPS) is 31.1. The average Bonchev–Trinajstić information content (AvgIpc) is 2.71. The van der Waals surface area contributed by atoms with Crippen molar-refractivity contribution in [3.8, 4) is 0 Å². The molecule has 6 atom stereocenters. The number of carboxylic acids is 2. The quantitative estimate of drug-likeness (QED) is 0.638. The molecule has 0 aliphatic heterocycles. The molecule has 0 saturated heterocycles. The molecule has 0 bridgehead atoms. The van der Waals surface area contributed by atoms with Gasteiger partial charge < -0.3 is 19.8 Å². The Morgan fingerprint density at radius 2 is 1.28 bits per heavy atom. The summed E-state index contributed by atoms with van der Waals surface area (Å²) in [7, 11) is 0. The fourth-order valence-corrected chi connectivity index (χ4v) is 6.84. The first-order chi connectivity index (χ1) is 15.0. The molecule has 1 aromatic carbocycles. The lowest BCUT2D eigenvalue weighted by Crippen LogP contribution is -2.36. The maximum atomic E-state index is 12.5. The van der Waals surface area contributed by atoms with Crippen LogP contribution in [0.15, 0.2) is 12.1 Å². The summed E-state index contributed by atoms with van der Waals surface area (Å²) in [6.07, 6.45) is 6.39.